The third-order valence-corrected chi connectivity index (χ3v) is 1.50. The summed E-state index contributed by atoms with van der Waals surface area (Å²) in [5.74, 6) is 0. The van der Waals surface area contributed by atoms with Crippen LogP contribution in [0.25, 0.3) is 10.9 Å². The number of aromatic nitrogens is 2. The molecule has 0 fully saturated rings. The van der Waals surface area contributed by atoms with Crippen LogP contribution >= 0.6 is 0 Å². The average molecular weight is 131 g/mol. The number of H-pyrrole nitrogens is 1. The third kappa shape index (κ3) is 0.692. The first-order chi connectivity index (χ1) is 4.86. The molecule has 0 spiro atoms. The molecule has 2 rings (SSSR count). The summed E-state index contributed by atoms with van der Waals surface area (Å²) in [6, 6.07) is 3.95. The summed E-state index contributed by atoms with van der Waals surface area (Å²) in [7, 11) is 0. The molecule has 10 heavy (non-hydrogen) atoms. The zero-order valence-electron chi connectivity index (χ0n) is 5.68. The van der Waals surface area contributed by atoms with Crippen molar-refractivity contribution < 1.29 is 0 Å². The molecule has 0 amide bonds. The Morgan fingerprint density at radius 3 is 3.30 bits per heavy atom. The Labute approximate surface area is 58.9 Å². The van der Waals surface area contributed by atoms with E-state index >= 15 is 0 Å². The molecule has 2 heteroatoms. The van der Waals surface area contributed by atoms with Crippen LogP contribution in [0.15, 0.2) is 18.3 Å². The van der Waals surface area contributed by atoms with Gasteiger partial charge in [-0.05, 0) is 19.1 Å². The summed E-state index contributed by atoms with van der Waals surface area (Å²) in [4.78, 5) is 7.05. The fourth-order valence-electron chi connectivity index (χ4n) is 1.07. The number of rotatable bonds is 0. The number of aryl methyl sites for hydroxylation is 1. The van der Waals surface area contributed by atoms with Gasteiger partial charge in [-0.25, -0.2) is 0 Å². The van der Waals surface area contributed by atoms with Crippen molar-refractivity contribution in [1.29, 1.82) is 0 Å². The summed E-state index contributed by atoms with van der Waals surface area (Å²) in [6.45, 7) is 2.03. The van der Waals surface area contributed by atoms with E-state index in [-0.39, 0.29) is 0 Å². The molecule has 1 N–H and O–H groups in total. The molecule has 0 saturated carbocycles. The van der Waals surface area contributed by atoms with Gasteiger partial charge in [0.15, 0.2) is 0 Å². The minimum atomic E-state index is 1.08. The van der Waals surface area contributed by atoms with Crippen molar-refractivity contribution in [3.63, 3.8) is 0 Å². The largest absolute Gasteiger partial charge is 0.357 e. The normalized spacial score (nSPS) is 10.5. The maximum Gasteiger partial charge on any atom is 0.0894 e. The van der Waals surface area contributed by atoms with Gasteiger partial charge < -0.3 is 4.98 Å². The van der Waals surface area contributed by atoms with Crippen molar-refractivity contribution in [2.45, 2.75) is 6.92 Å². The molecule has 0 aliphatic heterocycles. The number of nitrogens with one attached hydrogen (secondary N) is 1. The van der Waals surface area contributed by atoms with E-state index in [9.17, 15) is 0 Å². The van der Waals surface area contributed by atoms with Crippen molar-refractivity contribution in [2.24, 2.45) is 0 Å². The van der Waals surface area contributed by atoms with Crippen LogP contribution in [0.2, 0.25) is 0 Å². The molecule has 0 atom stereocenters. The van der Waals surface area contributed by atoms with Crippen LogP contribution in [0, 0.1) is 13.1 Å². The molecular formula is C8H7N2. The monoisotopic (exact) mass is 131 g/mol. The smallest absolute Gasteiger partial charge is 0.0894 e. The highest BCUT2D eigenvalue weighted by atomic mass is 14.7. The highest BCUT2D eigenvalue weighted by molar-refractivity contribution is 5.78. The Bertz CT molecular complexity index is 316. The van der Waals surface area contributed by atoms with Crippen LogP contribution in [0.5, 0.6) is 0 Å². The highest BCUT2D eigenvalue weighted by Crippen LogP contribution is 2.11. The molecule has 0 bridgehead atoms. The molecule has 0 aromatic carbocycles. The van der Waals surface area contributed by atoms with Gasteiger partial charge in [-0.15, -0.1) is 0 Å². The number of aromatic amines is 1. The molecule has 2 aromatic heterocycles. The van der Waals surface area contributed by atoms with Gasteiger partial charge in [0, 0.05) is 11.1 Å². The van der Waals surface area contributed by atoms with Gasteiger partial charge in [0.25, 0.3) is 0 Å². The van der Waals surface area contributed by atoms with Crippen molar-refractivity contribution in [2.75, 3.05) is 0 Å². The fraction of sp³-hybridized carbons (Fsp3) is 0.125. The van der Waals surface area contributed by atoms with E-state index in [1.54, 1.807) is 6.20 Å². The van der Waals surface area contributed by atoms with Crippen molar-refractivity contribution in [1.82, 2.24) is 9.97 Å². The first-order valence-corrected chi connectivity index (χ1v) is 3.18. The Morgan fingerprint density at radius 2 is 2.50 bits per heavy atom. The Kier molecular flexibility index (Phi) is 1.01. The standard InChI is InChI=1S/C8H7N2/c1-6-4-7-2-3-9-5-8(7)10-6/h2,4-5,10H,1H3. The summed E-state index contributed by atoms with van der Waals surface area (Å²) in [6.07, 6.45) is 4.56. The lowest BCUT2D eigenvalue weighted by Crippen LogP contribution is -1.70. The van der Waals surface area contributed by atoms with Crippen LogP contribution in [-0.2, 0) is 0 Å². The second-order valence-electron chi connectivity index (χ2n) is 2.35. The van der Waals surface area contributed by atoms with E-state index in [1.165, 1.54) is 5.39 Å². The van der Waals surface area contributed by atoms with Crippen LogP contribution in [-0.4, -0.2) is 9.97 Å². The summed E-state index contributed by atoms with van der Waals surface area (Å²) >= 11 is 0. The minimum absolute atomic E-state index is 1.08. The van der Waals surface area contributed by atoms with Gasteiger partial charge in [-0.1, -0.05) is 0 Å². The lowest BCUT2D eigenvalue weighted by molar-refractivity contribution is 1.27. The predicted octanol–water partition coefficient (Wildman–Crippen LogP) is 1.67. The lowest BCUT2D eigenvalue weighted by atomic mass is 10.3. The second-order valence-corrected chi connectivity index (χ2v) is 2.35. The van der Waals surface area contributed by atoms with Crippen LogP contribution < -0.4 is 0 Å². The number of pyridine rings is 1. The molecule has 2 nitrogen and oxygen atoms in total. The van der Waals surface area contributed by atoms with Gasteiger partial charge in [0.1, 0.15) is 0 Å². The van der Waals surface area contributed by atoms with E-state index in [0.717, 1.165) is 11.2 Å². The predicted molar refractivity (Wildman–Crippen MR) is 39.7 cm³/mol. The van der Waals surface area contributed by atoms with Gasteiger partial charge in [-0.3, -0.25) is 4.98 Å². The average Bonchev–Trinajstić information content (AvgIpc) is 2.27. The van der Waals surface area contributed by atoms with E-state index in [1.807, 2.05) is 13.0 Å². The lowest BCUT2D eigenvalue weighted by Gasteiger charge is -1.82. The minimum Gasteiger partial charge on any atom is -0.357 e. The Morgan fingerprint density at radius 1 is 1.60 bits per heavy atom. The fourth-order valence-corrected chi connectivity index (χ4v) is 1.07. The van der Waals surface area contributed by atoms with Crippen LogP contribution in [0.4, 0.5) is 0 Å². The van der Waals surface area contributed by atoms with Crippen molar-refractivity contribution in [3.05, 3.63) is 30.2 Å². The third-order valence-electron chi connectivity index (χ3n) is 1.50. The molecule has 49 valence electrons. The van der Waals surface area contributed by atoms with Crippen LogP contribution in [0.1, 0.15) is 5.69 Å². The van der Waals surface area contributed by atoms with Gasteiger partial charge in [0.05, 0.1) is 17.9 Å². The van der Waals surface area contributed by atoms with E-state index in [4.69, 9.17) is 0 Å². The van der Waals surface area contributed by atoms with Crippen molar-refractivity contribution in [3.8, 4) is 0 Å². The maximum absolute atomic E-state index is 3.87. The second kappa shape index (κ2) is 1.84. The summed E-state index contributed by atoms with van der Waals surface area (Å²) in [5, 5.41) is 1.17. The summed E-state index contributed by atoms with van der Waals surface area (Å²) in [5.41, 5.74) is 2.24. The van der Waals surface area contributed by atoms with Crippen molar-refractivity contribution >= 4 is 10.9 Å². The quantitative estimate of drug-likeness (QED) is 0.578. The first-order valence-electron chi connectivity index (χ1n) is 3.18. The summed E-state index contributed by atoms with van der Waals surface area (Å²) < 4.78 is 0. The molecule has 0 aliphatic carbocycles. The number of fused-ring (bicyclic) bond motifs is 1. The van der Waals surface area contributed by atoms with Gasteiger partial charge >= 0.3 is 0 Å². The number of hydrogen-bond donors (Lipinski definition) is 1. The molecule has 2 aromatic rings. The zero-order chi connectivity index (χ0) is 6.97. The highest BCUT2D eigenvalue weighted by Gasteiger charge is 1.93. The van der Waals surface area contributed by atoms with E-state index in [2.05, 4.69) is 22.2 Å². The first kappa shape index (κ1) is 5.47. The molecule has 0 saturated heterocycles. The van der Waals surface area contributed by atoms with Crippen LogP contribution in [0.3, 0.4) is 0 Å². The topological polar surface area (TPSA) is 28.7 Å². The molecule has 0 unspecified atom stereocenters. The Hall–Kier alpha value is -1.31. The molecule has 1 radical (unpaired) electrons. The number of hydrogen-bond acceptors (Lipinski definition) is 1. The molecule has 2 heterocycles. The van der Waals surface area contributed by atoms with E-state index in [0.29, 0.717) is 0 Å². The van der Waals surface area contributed by atoms with E-state index < -0.39 is 0 Å². The zero-order valence-corrected chi connectivity index (χ0v) is 5.68. The SMILES string of the molecule is Cc1cc2c[c]ncc2[nH]1. The molecular weight excluding hydrogens is 124 g/mol. The molecule has 0 aliphatic rings. The van der Waals surface area contributed by atoms with Gasteiger partial charge in [0.2, 0.25) is 0 Å². The maximum atomic E-state index is 3.87. The van der Waals surface area contributed by atoms with Gasteiger partial charge in [-0.2, -0.15) is 0 Å². The number of nitrogens with zero attached hydrogens (tertiary/aromatic N) is 1. The Balaban J connectivity index is 2.88.